The zero-order valence-corrected chi connectivity index (χ0v) is 10.8. The van der Waals surface area contributed by atoms with E-state index in [4.69, 9.17) is 0 Å². The van der Waals surface area contributed by atoms with Gasteiger partial charge in [0, 0.05) is 12.3 Å². The molecule has 0 radical (unpaired) electrons. The van der Waals surface area contributed by atoms with Crippen molar-refractivity contribution in [2.24, 2.45) is 5.92 Å². The van der Waals surface area contributed by atoms with Crippen LogP contribution in [0.5, 0.6) is 0 Å². The smallest absolute Gasteiger partial charge is 0.399 e. The highest BCUT2D eigenvalue weighted by atomic mass is 32.2. The number of hydrogen-bond acceptors (Lipinski definition) is 3. The number of alkyl halides is 8. The molecule has 0 fully saturated rings. The van der Waals surface area contributed by atoms with Gasteiger partial charge in [-0.15, -0.1) is 0 Å². The Labute approximate surface area is 108 Å². The molecule has 0 aliphatic carbocycles. The molecule has 2 unspecified atom stereocenters. The van der Waals surface area contributed by atoms with Crippen LogP contribution < -0.4 is 0 Å². The summed E-state index contributed by atoms with van der Waals surface area (Å²) in [7, 11) is -6.97. The van der Waals surface area contributed by atoms with E-state index in [1.165, 1.54) is 0 Å². The molecule has 0 N–H and O–H groups in total. The van der Waals surface area contributed by atoms with Crippen LogP contribution in [-0.4, -0.2) is 36.0 Å². The Bertz CT molecular complexity index is 453. The van der Waals surface area contributed by atoms with Crippen molar-refractivity contribution in [1.29, 1.82) is 0 Å². The van der Waals surface area contributed by atoms with Gasteiger partial charge in [-0.25, -0.2) is 12.8 Å². The standard InChI is InChI=1S/C8H10F8O3S/c1-4(3-6(10,11)12)5(2,9)7(13,14)8(15,16)20(17,18)19/h4H,3H2,1-2H3,(H,17,18,19)/p-1. The Hall–Kier alpha value is -0.650. The van der Waals surface area contributed by atoms with E-state index in [-0.39, 0.29) is 13.8 Å². The summed E-state index contributed by atoms with van der Waals surface area (Å²) in [6, 6.07) is 0. The largest absolute Gasteiger partial charge is 0.743 e. The highest BCUT2D eigenvalue weighted by molar-refractivity contribution is 7.86. The predicted octanol–water partition coefficient (Wildman–Crippen LogP) is 3.08. The van der Waals surface area contributed by atoms with Crippen LogP contribution in [0.4, 0.5) is 35.1 Å². The highest BCUT2D eigenvalue weighted by Gasteiger charge is 2.73. The lowest BCUT2D eigenvalue weighted by Crippen LogP contribution is -2.61. The third-order valence-electron chi connectivity index (χ3n) is 2.76. The van der Waals surface area contributed by atoms with E-state index < -0.39 is 45.5 Å². The lowest BCUT2D eigenvalue weighted by Gasteiger charge is -2.39. The molecule has 0 bridgehead atoms. The molecular weight excluding hydrogens is 328 g/mol. The van der Waals surface area contributed by atoms with Gasteiger partial charge >= 0.3 is 17.4 Å². The second kappa shape index (κ2) is 4.97. The highest BCUT2D eigenvalue weighted by Crippen LogP contribution is 2.51. The maximum absolute atomic E-state index is 13.7. The first-order chi connectivity index (χ1) is 8.38. The summed E-state index contributed by atoms with van der Waals surface area (Å²) in [5, 5.41) is -6.39. The van der Waals surface area contributed by atoms with E-state index in [0.717, 1.165) is 0 Å². The molecular formula is C8H9F8O3S-. The lowest BCUT2D eigenvalue weighted by molar-refractivity contribution is -0.255. The fourth-order valence-corrected chi connectivity index (χ4v) is 1.80. The molecule has 3 nitrogen and oxygen atoms in total. The van der Waals surface area contributed by atoms with Crippen molar-refractivity contribution in [3.63, 3.8) is 0 Å². The predicted molar refractivity (Wildman–Crippen MR) is 48.9 cm³/mol. The first-order valence-corrected chi connectivity index (χ1v) is 6.25. The van der Waals surface area contributed by atoms with Gasteiger partial charge in [0.1, 0.15) is 0 Å². The van der Waals surface area contributed by atoms with Crippen LogP contribution in [0.2, 0.25) is 0 Å². The Morgan fingerprint density at radius 2 is 1.35 bits per heavy atom. The first kappa shape index (κ1) is 19.4. The summed E-state index contributed by atoms with van der Waals surface area (Å²) < 4.78 is 132. The molecule has 12 heteroatoms. The maximum Gasteiger partial charge on any atom is 0.399 e. The molecule has 0 saturated heterocycles. The van der Waals surface area contributed by atoms with Crippen LogP contribution in [0.25, 0.3) is 0 Å². The molecule has 0 saturated carbocycles. The van der Waals surface area contributed by atoms with E-state index in [2.05, 4.69) is 0 Å². The van der Waals surface area contributed by atoms with Crippen molar-refractivity contribution in [3.05, 3.63) is 0 Å². The summed E-state index contributed by atoms with van der Waals surface area (Å²) in [6.07, 6.45) is -7.35. The summed E-state index contributed by atoms with van der Waals surface area (Å²) >= 11 is 0. The average molecular weight is 337 g/mol. The molecule has 0 aromatic heterocycles. The summed E-state index contributed by atoms with van der Waals surface area (Å²) in [5.74, 6) is -8.85. The number of rotatable bonds is 5. The second-order valence-electron chi connectivity index (χ2n) is 4.34. The summed E-state index contributed by atoms with van der Waals surface area (Å²) in [4.78, 5) is 0. The zero-order valence-electron chi connectivity index (χ0n) is 9.94. The van der Waals surface area contributed by atoms with Gasteiger partial charge in [-0.1, -0.05) is 6.92 Å². The van der Waals surface area contributed by atoms with Crippen molar-refractivity contribution in [1.82, 2.24) is 0 Å². The monoisotopic (exact) mass is 337 g/mol. The average Bonchev–Trinajstić information content (AvgIpc) is 2.12. The van der Waals surface area contributed by atoms with Crippen LogP contribution in [-0.2, 0) is 10.1 Å². The molecule has 2 atom stereocenters. The third kappa shape index (κ3) is 3.32. The van der Waals surface area contributed by atoms with E-state index in [1.54, 1.807) is 0 Å². The van der Waals surface area contributed by atoms with E-state index in [9.17, 15) is 48.1 Å². The molecule has 0 aliphatic heterocycles. The minimum Gasteiger partial charge on any atom is -0.743 e. The SMILES string of the molecule is CC(CC(F)(F)F)C(C)(F)C(F)(F)C(F)(F)S(=O)(=O)[O-]. The van der Waals surface area contributed by atoms with Gasteiger partial charge in [0.15, 0.2) is 15.8 Å². The Morgan fingerprint density at radius 1 is 1.00 bits per heavy atom. The van der Waals surface area contributed by atoms with Gasteiger partial charge in [-0.05, 0) is 6.92 Å². The molecule has 0 aliphatic rings. The lowest BCUT2D eigenvalue weighted by atomic mass is 9.84. The second-order valence-corrected chi connectivity index (χ2v) is 5.76. The Kier molecular flexibility index (Phi) is 4.81. The topological polar surface area (TPSA) is 57.2 Å². The minimum atomic E-state index is -6.97. The molecule has 0 rings (SSSR count). The Balaban J connectivity index is 5.70. The first-order valence-electron chi connectivity index (χ1n) is 4.84. The van der Waals surface area contributed by atoms with Gasteiger partial charge < -0.3 is 4.55 Å². The summed E-state index contributed by atoms with van der Waals surface area (Å²) in [6.45, 7) is -0.0720. The van der Waals surface area contributed by atoms with E-state index in [0.29, 0.717) is 0 Å². The fraction of sp³-hybridized carbons (Fsp3) is 1.00. The minimum absolute atomic E-state index is 0.245. The van der Waals surface area contributed by atoms with Crippen molar-refractivity contribution < 1.29 is 48.1 Å². The van der Waals surface area contributed by atoms with E-state index >= 15 is 0 Å². The maximum atomic E-state index is 13.7. The van der Waals surface area contributed by atoms with Gasteiger partial charge in [-0.2, -0.15) is 30.7 Å². The zero-order chi connectivity index (χ0) is 16.8. The van der Waals surface area contributed by atoms with Gasteiger partial charge in [-0.3, -0.25) is 0 Å². The number of halogens is 8. The molecule has 0 heterocycles. The van der Waals surface area contributed by atoms with Crippen LogP contribution in [0, 0.1) is 5.92 Å². The van der Waals surface area contributed by atoms with Crippen LogP contribution in [0.3, 0.4) is 0 Å². The third-order valence-corrected chi connectivity index (χ3v) is 3.64. The Morgan fingerprint density at radius 3 is 1.60 bits per heavy atom. The van der Waals surface area contributed by atoms with Crippen molar-refractivity contribution in [2.75, 3.05) is 0 Å². The van der Waals surface area contributed by atoms with Gasteiger partial charge in [0.25, 0.3) is 0 Å². The number of hydrogen-bond donors (Lipinski definition) is 0. The van der Waals surface area contributed by atoms with Crippen LogP contribution in [0.15, 0.2) is 0 Å². The molecule has 0 amide bonds. The molecule has 0 aromatic rings. The molecule has 0 spiro atoms. The van der Waals surface area contributed by atoms with Gasteiger partial charge in [0.05, 0.1) is 0 Å². The normalized spacial score (nSPS) is 19.6. The van der Waals surface area contributed by atoms with Crippen molar-refractivity contribution in [2.45, 2.75) is 43.3 Å². The fourth-order valence-electron chi connectivity index (χ4n) is 1.29. The van der Waals surface area contributed by atoms with E-state index in [1.807, 2.05) is 0 Å². The van der Waals surface area contributed by atoms with Crippen molar-refractivity contribution >= 4 is 10.1 Å². The molecule has 20 heavy (non-hydrogen) atoms. The quantitative estimate of drug-likeness (QED) is 0.572. The summed E-state index contributed by atoms with van der Waals surface area (Å²) in [5.41, 5.74) is -4.58. The van der Waals surface area contributed by atoms with Crippen molar-refractivity contribution in [3.8, 4) is 0 Å². The molecule has 122 valence electrons. The van der Waals surface area contributed by atoms with Crippen LogP contribution in [0.1, 0.15) is 20.3 Å². The molecule has 0 aromatic carbocycles. The van der Waals surface area contributed by atoms with Gasteiger partial charge in [0.2, 0.25) is 0 Å². The van der Waals surface area contributed by atoms with Crippen LogP contribution >= 0.6 is 0 Å².